The van der Waals surface area contributed by atoms with Crippen LogP contribution >= 0.6 is 30.8 Å². The van der Waals surface area contributed by atoms with Gasteiger partial charge in [0.15, 0.2) is 0 Å². The molecule has 0 fully saturated rings. The Balaban J connectivity index is 5.43. The van der Waals surface area contributed by atoms with E-state index in [0.29, 0.717) is 31.9 Å². The molecule has 0 saturated carbocycles. The van der Waals surface area contributed by atoms with Crippen LogP contribution in [0.4, 0.5) is 0 Å². The first-order valence-electron chi connectivity index (χ1n) is 6.32. The fourth-order valence-corrected chi connectivity index (χ4v) is 8.56. The van der Waals surface area contributed by atoms with Gasteiger partial charge in [0.05, 0.1) is 21.3 Å². The van der Waals surface area contributed by atoms with Gasteiger partial charge in [-0.15, -0.1) is 23.2 Å². The Morgan fingerprint density at radius 3 is 1.89 bits per heavy atom. The number of rotatable bonds is 9. The maximum atomic E-state index is 13.0. The highest BCUT2D eigenvalue weighted by Crippen LogP contribution is 2.67. The summed E-state index contributed by atoms with van der Waals surface area (Å²) in [6.07, 6.45) is 1.27. The summed E-state index contributed by atoms with van der Waals surface area (Å²) in [7, 11) is -5.29. The third-order valence-electron chi connectivity index (χ3n) is 2.82. The van der Waals surface area contributed by atoms with E-state index >= 15 is 0 Å². The lowest BCUT2D eigenvalue weighted by Crippen LogP contribution is -2.48. The first kappa shape index (κ1) is 18.9. The van der Waals surface area contributed by atoms with Gasteiger partial charge in [0.2, 0.25) is 0 Å². The Kier molecular flexibility index (Phi) is 8.06. The van der Waals surface area contributed by atoms with Crippen molar-refractivity contribution in [2.75, 3.05) is 19.1 Å². The van der Waals surface area contributed by atoms with E-state index in [-0.39, 0.29) is 0 Å². The van der Waals surface area contributed by atoms with Gasteiger partial charge in [0.25, 0.3) is 0 Å². The van der Waals surface area contributed by atoms with E-state index in [1.807, 2.05) is 0 Å². The first-order valence-corrected chi connectivity index (χ1v) is 12.3. The van der Waals surface area contributed by atoms with Crippen molar-refractivity contribution in [2.45, 2.75) is 50.6 Å². The molecule has 0 aliphatic carbocycles. The topological polar surface area (TPSA) is 35.5 Å². The molecule has 1 atom stereocenters. The van der Waals surface area contributed by atoms with Gasteiger partial charge in [0, 0.05) is 5.88 Å². The zero-order valence-corrected chi connectivity index (χ0v) is 15.4. The molecule has 0 N–H and O–H groups in total. The van der Waals surface area contributed by atoms with Gasteiger partial charge in [-0.3, -0.25) is 4.57 Å². The molecule has 0 spiro atoms. The summed E-state index contributed by atoms with van der Waals surface area (Å²) >= 11 is 12.5. The van der Waals surface area contributed by atoms with E-state index in [0.717, 1.165) is 0 Å². The minimum Gasteiger partial charge on any atom is -0.308 e. The molecule has 0 bridgehead atoms. The molecule has 7 heteroatoms. The van der Waals surface area contributed by atoms with Gasteiger partial charge in [-0.05, 0) is 26.7 Å². The molecular weight excluding hydrogens is 310 g/mol. The number of hydrogen-bond donors (Lipinski definition) is 0. The van der Waals surface area contributed by atoms with Crippen LogP contribution in [0.5, 0.6) is 0 Å². The van der Waals surface area contributed by atoms with E-state index in [4.69, 9.17) is 32.2 Å². The molecule has 18 heavy (non-hydrogen) atoms. The van der Waals surface area contributed by atoms with Crippen molar-refractivity contribution in [3.63, 3.8) is 0 Å². The summed E-state index contributed by atoms with van der Waals surface area (Å²) < 4.78 is 23.0. The summed E-state index contributed by atoms with van der Waals surface area (Å²) in [4.78, 5) is 0. The number of hydrogen-bond acceptors (Lipinski definition) is 3. The quantitative estimate of drug-likeness (QED) is 0.335. The zero-order valence-electron chi connectivity index (χ0n) is 12.0. The summed E-state index contributed by atoms with van der Waals surface area (Å²) in [5.74, 6) is 0.497. The highest BCUT2D eigenvalue weighted by atomic mass is 35.5. The normalized spacial score (nSPS) is 16.6. The van der Waals surface area contributed by atoms with Crippen LogP contribution in [-0.4, -0.2) is 31.4 Å². The van der Waals surface area contributed by atoms with Crippen molar-refractivity contribution in [3.05, 3.63) is 0 Å². The molecule has 0 aromatic heterocycles. The predicted octanol–water partition coefficient (Wildman–Crippen LogP) is 5.08. The van der Waals surface area contributed by atoms with E-state index in [1.165, 1.54) is 0 Å². The van der Waals surface area contributed by atoms with Crippen LogP contribution in [-0.2, 0) is 13.6 Å². The van der Waals surface area contributed by atoms with Crippen molar-refractivity contribution in [3.8, 4) is 0 Å². The molecule has 0 radical (unpaired) electrons. The third kappa shape index (κ3) is 4.22. The highest BCUT2D eigenvalue weighted by Gasteiger charge is 2.57. The van der Waals surface area contributed by atoms with E-state index in [9.17, 15) is 4.57 Å². The first-order chi connectivity index (χ1) is 8.18. The Bertz CT molecular complexity index is 287. The second-order valence-electron chi connectivity index (χ2n) is 5.13. The van der Waals surface area contributed by atoms with Gasteiger partial charge in [-0.2, -0.15) is 0 Å². The Hall–Kier alpha value is 0.947. The van der Waals surface area contributed by atoms with Crippen LogP contribution in [0.25, 0.3) is 0 Å². The SMILES string of the molecule is CCOP(=O)(OCC)C(Cl)(CCCCl)[Si](C)(C)C. The van der Waals surface area contributed by atoms with Crippen LogP contribution in [0.15, 0.2) is 0 Å². The van der Waals surface area contributed by atoms with Crippen molar-refractivity contribution in [2.24, 2.45) is 0 Å². The Morgan fingerprint density at radius 2 is 1.61 bits per heavy atom. The van der Waals surface area contributed by atoms with Crippen molar-refractivity contribution >= 4 is 38.9 Å². The maximum Gasteiger partial charge on any atom is 0.348 e. The maximum absolute atomic E-state index is 13.0. The fourth-order valence-electron chi connectivity index (χ4n) is 1.81. The minimum absolute atomic E-state index is 0.330. The molecule has 110 valence electrons. The Labute approximate surface area is 122 Å². The number of alkyl halides is 2. The Morgan fingerprint density at radius 1 is 1.17 bits per heavy atom. The van der Waals surface area contributed by atoms with Crippen LogP contribution < -0.4 is 0 Å². The molecule has 0 amide bonds. The average molecular weight is 335 g/mol. The standard InChI is InChI=1S/C11H25Cl2O3PSi/c1-6-15-17(14,16-7-2)11(13,9-8-10-12)18(3,4)5/h6-10H2,1-5H3. The van der Waals surface area contributed by atoms with Crippen LogP contribution in [0.2, 0.25) is 19.6 Å². The molecule has 0 saturated heterocycles. The summed E-state index contributed by atoms with van der Waals surface area (Å²) in [6, 6.07) is 0. The fraction of sp³-hybridized carbons (Fsp3) is 1.00. The van der Waals surface area contributed by atoms with Crippen molar-refractivity contribution in [1.29, 1.82) is 0 Å². The van der Waals surface area contributed by atoms with Crippen molar-refractivity contribution in [1.82, 2.24) is 0 Å². The van der Waals surface area contributed by atoms with E-state index in [2.05, 4.69) is 19.6 Å². The van der Waals surface area contributed by atoms with Gasteiger partial charge < -0.3 is 9.05 Å². The molecule has 0 aromatic carbocycles. The van der Waals surface area contributed by atoms with Gasteiger partial charge in [0.1, 0.15) is 4.24 Å². The summed E-state index contributed by atoms with van der Waals surface area (Å²) in [5.41, 5.74) is 0. The predicted molar refractivity (Wildman–Crippen MR) is 82.7 cm³/mol. The second-order valence-corrected chi connectivity index (χ2v) is 14.8. The molecule has 0 aliphatic heterocycles. The van der Waals surface area contributed by atoms with Crippen LogP contribution in [0.1, 0.15) is 26.7 Å². The second kappa shape index (κ2) is 7.66. The highest BCUT2D eigenvalue weighted by molar-refractivity contribution is 7.61. The molecule has 0 rings (SSSR count). The molecule has 0 heterocycles. The molecule has 0 aliphatic rings. The lowest BCUT2D eigenvalue weighted by Gasteiger charge is -2.42. The molecule has 0 aromatic rings. The average Bonchev–Trinajstić information content (AvgIpc) is 2.24. The molecule has 3 nitrogen and oxygen atoms in total. The molecular formula is C11H25Cl2O3PSi. The minimum atomic E-state index is -3.32. The monoisotopic (exact) mass is 334 g/mol. The lowest BCUT2D eigenvalue weighted by molar-refractivity contribution is 0.212. The summed E-state index contributed by atoms with van der Waals surface area (Å²) in [5, 5.41) is 0. The molecule has 1 unspecified atom stereocenters. The summed E-state index contributed by atoms with van der Waals surface area (Å²) in [6.45, 7) is 10.5. The van der Waals surface area contributed by atoms with Gasteiger partial charge in [-0.25, -0.2) is 0 Å². The third-order valence-corrected chi connectivity index (χ3v) is 13.3. The van der Waals surface area contributed by atoms with E-state index < -0.39 is 19.9 Å². The lowest BCUT2D eigenvalue weighted by atomic mass is 10.4. The zero-order chi connectivity index (χ0) is 14.4. The van der Waals surface area contributed by atoms with Crippen LogP contribution in [0.3, 0.4) is 0 Å². The smallest absolute Gasteiger partial charge is 0.308 e. The van der Waals surface area contributed by atoms with Gasteiger partial charge >= 0.3 is 7.60 Å². The number of halogens is 2. The van der Waals surface area contributed by atoms with Crippen LogP contribution in [0, 0.1) is 0 Å². The largest absolute Gasteiger partial charge is 0.348 e. The van der Waals surface area contributed by atoms with Crippen molar-refractivity contribution < 1.29 is 13.6 Å². The van der Waals surface area contributed by atoms with E-state index in [1.54, 1.807) is 13.8 Å². The van der Waals surface area contributed by atoms with Gasteiger partial charge in [-0.1, -0.05) is 19.6 Å².